The van der Waals surface area contributed by atoms with Crippen molar-refractivity contribution in [1.29, 1.82) is 5.26 Å². The molecular formula is C27H25IN2O3. The van der Waals surface area contributed by atoms with Gasteiger partial charge < -0.3 is 14.8 Å². The molecule has 33 heavy (non-hydrogen) atoms. The lowest BCUT2D eigenvalue weighted by Gasteiger charge is -2.14. The highest BCUT2D eigenvalue weighted by Gasteiger charge is 2.20. The highest BCUT2D eigenvalue weighted by atomic mass is 127. The van der Waals surface area contributed by atoms with Crippen molar-refractivity contribution in [2.45, 2.75) is 38.3 Å². The minimum atomic E-state index is -0.324. The number of ether oxygens (including phenoxy) is 2. The number of nitriles is 1. The predicted molar refractivity (Wildman–Crippen MR) is 138 cm³/mol. The average Bonchev–Trinajstić information content (AvgIpc) is 3.34. The number of amides is 1. The molecule has 3 aromatic carbocycles. The number of fused-ring (bicyclic) bond motifs is 1. The van der Waals surface area contributed by atoms with Crippen molar-refractivity contribution >= 4 is 45.3 Å². The maximum atomic E-state index is 12.5. The molecule has 6 heteroatoms. The molecule has 0 bridgehead atoms. The van der Waals surface area contributed by atoms with Crippen LogP contribution < -0.4 is 14.8 Å². The zero-order chi connectivity index (χ0) is 23.2. The second-order valence-electron chi connectivity index (χ2n) is 8.13. The normalized spacial score (nSPS) is 14.2. The molecule has 3 aromatic rings. The van der Waals surface area contributed by atoms with Crippen LogP contribution in [0.1, 0.15) is 36.8 Å². The Labute approximate surface area is 207 Å². The smallest absolute Gasteiger partial charge is 0.262 e. The third kappa shape index (κ3) is 5.66. The van der Waals surface area contributed by atoms with Gasteiger partial charge in [0.25, 0.3) is 5.91 Å². The van der Waals surface area contributed by atoms with E-state index in [2.05, 4.69) is 58.2 Å². The van der Waals surface area contributed by atoms with Crippen LogP contribution in [0, 0.1) is 14.9 Å². The summed E-state index contributed by atoms with van der Waals surface area (Å²) in [6.07, 6.45) is 5.78. The molecule has 0 aromatic heterocycles. The summed E-state index contributed by atoms with van der Waals surface area (Å²) in [6, 6.07) is 20.4. The van der Waals surface area contributed by atoms with E-state index in [0.717, 1.165) is 34.8 Å². The fraction of sp³-hybridized carbons (Fsp3) is 0.259. The van der Waals surface area contributed by atoms with Crippen LogP contribution in [0.2, 0.25) is 0 Å². The topological polar surface area (TPSA) is 71.3 Å². The Kier molecular flexibility index (Phi) is 7.50. The summed E-state index contributed by atoms with van der Waals surface area (Å²) in [7, 11) is 1.58. The van der Waals surface area contributed by atoms with Gasteiger partial charge in [-0.2, -0.15) is 5.26 Å². The van der Waals surface area contributed by atoms with Crippen LogP contribution in [0.25, 0.3) is 16.8 Å². The van der Waals surface area contributed by atoms with Crippen LogP contribution in [0.15, 0.2) is 60.2 Å². The Bertz CT molecular complexity index is 1240. The maximum absolute atomic E-state index is 12.5. The molecule has 0 heterocycles. The van der Waals surface area contributed by atoms with E-state index in [-0.39, 0.29) is 17.5 Å². The summed E-state index contributed by atoms with van der Waals surface area (Å²) in [4.78, 5) is 12.5. The first-order valence-electron chi connectivity index (χ1n) is 11.0. The van der Waals surface area contributed by atoms with Crippen molar-refractivity contribution in [3.05, 3.63) is 74.9 Å². The number of rotatable bonds is 7. The molecule has 1 amide bonds. The lowest BCUT2D eigenvalue weighted by atomic mass is 10.1. The van der Waals surface area contributed by atoms with Gasteiger partial charge in [-0.1, -0.05) is 49.2 Å². The maximum Gasteiger partial charge on any atom is 0.262 e. The lowest BCUT2D eigenvalue weighted by molar-refractivity contribution is -0.117. The Morgan fingerprint density at radius 2 is 1.91 bits per heavy atom. The van der Waals surface area contributed by atoms with Crippen LogP contribution in [-0.4, -0.2) is 19.1 Å². The molecule has 1 N–H and O–H groups in total. The summed E-state index contributed by atoms with van der Waals surface area (Å²) < 4.78 is 12.5. The van der Waals surface area contributed by atoms with Crippen molar-refractivity contribution in [1.82, 2.24) is 5.32 Å². The van der Waals surface area contributed by atoms with Gasteiger partial charge in [0.05, 0.1) is 10.7 Å². The molecule has 1 fully saturated rings. The van der Waals surface area contributed by atoms with Crippen LogP contribution in [0.4, 0.5) is 0 Å². The molecule has 0 radical (unpaired) electrons. The van der Waals surface area contributed by atoms with E-state index in [9.17, 15) is 10.1 Å². The van der Waals surface area contributed by atoms with Crippen LogP contribution in [0.3, 0.4) is 0 Å². The van der Waals surface area contributed by atoms with Crippen LogP contribution in [0.5, 0.6) is 11.5 Å². The fourth-order valence-corrected chi connectivity index (χ4v) is 4.88. The lowest BCUT2D eigenvalue weighted by Crippen LogP contribution is -2.33. The van der Waals surface area contributed by atoms with Gasteiger partial charge in [-0.25, -0.2) is 0 Å². The van der Waals surface area contributed by atoms with Gasteiger partial charge in [0.1, 0.15) is 18.2 Å². The summed E-state index contributed by atoms with van der Waals surface area (Å²) in [5.74, 6) is 0.870. The summed E-state index contributed by atoms with van der Waals surface area (Å²) in [5.41, 5.74) is 1.86. The van der Waals surface area contributed by atoms with E-state index in [1.165, 1.54) is 10.8 Å². The molecule has 0 unspecified atom stereocenters. The molecule has 1 aliphatic carbocycles. The zero-order valence-corrected chi connectivity index (χ0v) is 20.6. The van der Waals surface area contributed by atoms with Crippen LogP contribution in [-0.2, 0) is 11.4 Å². The Morgan fingerprint density at radius 3 is 2.64 bits per heavy atom. The van der Waals surface area contributed by atoms with Crippen molar-refractivity contribution in [2.75, 3.05) is 7.11 Å². The molecule has 1 aliphatic rings. The molecule has 168 valence electrons. The third-order valence-corrected chi connectivity index (χ3v) is 6.62. The molecule has 0 atom stereocenters. The average molecular weight is 552 g/mol. The summed E-state index contributed by atoms with van der Waals surface area (Å²) >= 11 is 2.19. The number of halogens is 1. The van der Waals surface area contributed by atoms with E-state index in [0.29, 0.717) is 23.7 Å². The first kappa shape index (κ1) is 23.1. The highest BCUT2D eigenvalue weighted by Crippen LogP contribution is 2.35. The van der Waals surface area contributed by atoms with Gasteiger partial charge in [-0.3, -0.25) is 4.79 Å². The van der Waals surface area contributed by atoms with Gasteiger partial charge in [-0.15, -0.1) is 0 Å². The number of carbonyl (C=O) groups excluding carboxylic acids is 1. The number of benzene rings is 3. The quantitative estimate of drug-likeness (QED) is 0.222. The molecule has 0 saturated heterocycles. The Balaban J connectivity index is 1.52. The molecular weight excluding hydrogens is 527 g/mol. The second kappa shape index (κ2) is 10.7. The number of carbonyl (C=O) groups is 1. The Hall–Kier alpha value is -3.05. The first-order valence-corrected chi connectivity index (χ1v) is 12.1. The zero-order valence-electron chi connectivity index (χ0n) is 18.4. The van der Waals surface area contributed by atoms with E-state index >= 15 is 0 Å². The van der Waals surface area contributed by atoms with Gasteiger partial charge >= 0.3 is 0 Å². The predicted octanol–water partition coefficient (Wildman–Crippen LogP) is 6.00. The van der Waals surface area contributed by atoms with Crippen molar-refractivity contribution < 1.29 is 14.3 Å². The molecule has 4 rings (SSSR count). The summed E-state index contributed by atoms with van der Waals surface area (Å²) in [5, 5.41) is 14.9. The van der Waals surface area contributed by atoms with Gasteiger partial charge in [0, 0.05) is 6.04 Å². The second-order valence-corrected chi connectivity index (χ2v) is 9.29. The van der Waals surface area contributed by atoms with Crippen molar-refractivity contribution in [3.8, 4) is 17.6 Å². The highest BCUT2D eigenvalue weighted by molar-refractivity contribution is 14.1. The van der Waals surface area contributed by atoms with Gasteiger partial charge in [-0.05, 0) is 81.6 Å². The summed E-state index contributed by atoms with van der Waals surface area (Å²) in [6.45, 7) is 0.402. The van der Waals surface area contributed by atoms with Crippen LogP contribution >= 0.6 is 22.6 Å². The number of methoxy groups -OCH3 is 1. The molecule has 1 saturated carbocycles. The minimum absolute atomic E-state index is 0.0876. The number of nitrogens with one attached hydrogen (secondary N) is 1. The minimum Gasteiger partial charge on any atom is -0.493 e. The number of nitrogens with zero attached hydrogens (tertiary/aromatic N) is 1. The largest absolute Gasteiger partial charge is 0.493 e. The Morgan fingerprint density at radius 1 is 1.15 bits per heavy atom. The fourth-order valence-electron chi connectivity index (χ4n) is 4.10. The van der Waals surface area contributed by atoms with Crippen molar-refractivity contribution in [3.63, 3.8) is 0 Å². The van der Waals surface area contributed by atoms with E-state index in [4.69, 9.17) is 9.47 Å². The molecule has 5 nitrogen and oxygen atoms in total. The van der Waals surface area contributed by atoms with Crippen molar-refractivity contribution in [2.24, 2.45) is 0 Å². The number of hydrogen-bond donors (Lipinski definition) is 1. The third-order valence-electron chi connectivity index (χ3n) is 5.82. The van der Waals surface area contributed by atoms with E-state index in [1.54, 1.807) is 19.3 Å². The van der Waals surface area contributed by atoms with E-state index < -0.39 is 0 Å². The standard InChI is InChI=1S/C27H25IN2O3/c1-32-25-15-19(13-22(16-29)27(31)30-23-8-4-5-9-23)14-24(28)26(25)33-17-18-10-11-20-6-2-3-7-21(20)12-18/h2-3,6-7,10-15,23H,4-5,8-9,17H2,1H3,(H,30,31)/b22-13-. The SMILES string of the molecule is COc1cc(/C=C(/C#N)C(=O)NC2CCCC2)cc(I)c1OCc1ccc2ccccc2c1. The first-order chi connectivity index (χ1) is 16.1. The number of hydrogen-bond acceptors (Lipinski definition) is 4. The van der Waals surface area contributed by atoms with Gasteiger partial charge in [0.2, 0.25) is 0 Å². The van der Waals surface area contributed by atoms with Gasteiger partial charge in [0.15, 0.2) is 11.5 Å². The van der Waals surface area contributed by atoms with E-state index in [1.807, 2.05) is 24.3 Å². The molecule has 0 aliphatic heterocycles. The monoisotopic (exact) mass is 552 g/mol. The molecule has 0 spiro atoms.